The predicted octanol–water partition coefficient (Wildman–Crippen LogP) is 0.271. The molecule has 1 saturated heterocycles. The van der Waals surface area contributed by atoms with Gasteiger partial charge in [-0.25, -0.2) is 9.59 Å². The smallest absolute Gasteiger partial charge is 0.340 e. The lowest BCUT2D eigenvalue weighted by molar-refractivity contribution is -0.285. The van der Waals surface area contributed by atoms with Gasteiger partial charge < -0.3 is 39.4 Å². The Morgan fingerprint density at radius 2 is 1.73 bits per heavy atom. The Bertz CT molecular complexity index is 988. The lowest BCUT2D eigenvalue weighted by atomic mass is 9.99. The Hall–Kier alpha value is -3.28. The van der Waals surface area contributed by atoms with E-state index in [1.807, 2.05) is 30.3 Å². The Labute approximate surface area is 189 Å². The second-order valence-electron chi connectivity index (χ2n) is 7.13. The molecule has 0 aromatic heterocycles. The quantitative estimate of drug-likeness (QED) is 0.257. The van der Waals surface area contributed by atoms with Crippen molar-refractivity contribution in [1.29, 1.82) is 0 Å². The van der Waals surface area contributed by atoms with Crippen molar-refractivity contribution >= 4 is 18.0 Å². The van der Waals surface area contributed by atoms with Crippen LogP contribution in [-0.4, -0.2) is 76.8 Å². The third-order valence-electron chi connectivity index (χ3n) is 4.89. The van der Waals surface area contributed by atoms with Gasteiger partial charge >= 0.3 is 11.9 Å². The first-order valence-electron chi connectivity index (χ1n) is 9.98. The second-order valence-corrected chi connectivity index (χ2v) is 7.13. The summed E-state index contributed by atoms with van der Waals surface area (Å²) < 4.78 is 20.7. The molecule has 3 rings (SSSR count). The number of aliphatic hydroxyl groups is 4. The topological polar surface area (TPSA) is 152 Å². The zero-order valence-electron chi connectivity index (χ0n) is 17.6. The van der Waals surface area contributed by atoms with Crippen LogP contribution in [0, 0.1) is 0 Å². The normalized spacial score (nSPS) is 24.9. The van der Waals surface area contributed by atoms with Gasteiger partial charge in [-0.2, -0.15) is 0 Å². The van der Waals surface area contributed by atoms with Crippen molar-refractivity contribution in [1.82, 2.24) is 0 Å². The van der Waals surface area contributed by atoms with Gasteiger partial charge in [0, 0.05) is 6.08 Å². The van der Waals surface area contributed by atoms with Crippen LogP contribution in [0.5, 0.6) is 11.5 Å². The highest BCUT2D eigenvalue weighted by Gasteiger charge is 2.45. The van der Waals surface area contributed by atoms with E-state index >= 15 is 0 Å². The second kappa shape index (κ2) is 11.0. The van der Waals surface area contributed by atoms with Crippen LogP contribution in [0.3, 0.4) is 0 Å². The van der Waals surface area contributed by atoms with Gasteiger partial charge in [0.2, 0.25) is 6.29 Å². The van der Waals surface area contributed by atoms with Gasteiger partial charge in [-0.15, -0.1) is 0 Å². The summed E-state index contributed by atoms with van der Waals surface area (Å²) in [5, 5.41) is 38.9. The largest absolute Gasteiger partial charge is 0.493 e. The van der Waals surface area contributed by atoms with E-state index in [1.165, 1.54) is 31.4 Å². The monoisotopic (exact) mass is 460 g/mol. The maximum Gasteiger partial charge on any atom is 0.340 e. The summed E-state index contributed by atoms with van der Waals surface area (Å²) >= 11 is 0. The Morgan fingerprint density at radius 1 is 1.00 bits per heavy atom. The highest BCUT2D eigenvalue weighted by atomic mass is 16.7. The van der Waals surface area contributed by atoms with E-state index in [0.717, 1.165) is 5.56 Å². The number of esters is 2. The van der Waals surface area contributed by atoms with E-state index in [9.17, 15) is 30.0 Å². The van der Waals surface area contributed by atoms with Crippen molar-refractivity contribution in [2.75, 3.05) is 13.7 Å². The molecule has 2 aromatic rings. The average Bonchev–Trinajstić information content (AvgIpc) is 2.83. The van der Waals surface area contributed by atoms with E-state index in [-0.39, 0.29) is 17.1 Å². The molecular formula is C23H24O10. The molecule has 176 valence electrons. The number of ether oxygens (including phenoxy) is 4. The van der Waals surface area contributed by atoms with Gasteiger partial charge in [0.05, 0.1) is 19.3 Å². The summed E-state index contributed by atoms with van der Waals surface area (Å²) in [6, 6.07) is 13.0. The molecule has 0 bridgehead atoms. The number of benzene rings is 2. The summed E-state index contributed by atoms with van der Waals surface area (Å²) in [5.41, 5.74) is 0.788. The minimum atomic E-state index is -1.73. The number of rotatable bonds is 7. The number of methoxy groups -OCH3 is 1. The standard InChI is InChI=1S/C23H24O10/c1-30-16-11-14(22(29)33-23-21(28)20(27)19(26)17(12-24)32-23)8-9-15(16)31-18(25)10-7-13-5-3-2-4-6-13/h2-11,17,19-21,23-24,26-28H,12H2,1H3/b10-7+/t17-,19-,20+,21-,23+/m1/s1. The van der Waals surface area contributed by atoms with Crippen LogP contribution >= 0.6 is 0 Å². The van der Waals surface area contributed by atoms with Crippen molar-refractivity contribution in [2.24, 2.45) is 0 Å². The molecule has 1 aliphatic heterocycles. The molecule has 33 heavy (non-hydrogen) atoms. The first-order chi connectivity index (χ1) is 15.8. The zero-order chi connectivity index (χ0) is 24.0. The van der Waals surface area contributed by atoms with Crippen LogP contribution in [0.4, 0.5) is 0 Å². The molecule has 1 aliphatic rings. The molecule has 0 spiro atoms. The Kier molecular flexibility index (Phi) is 8.15. The molecule has 0 radical (unpaired) electrons. The fourth-order valence-corrected chi connectivity index (χ4v) is 3.09. The lowest BCUT2D eigenvalue weighted by Crippen LogP contribution is -2.59. The van der Waals surface area contributed by atoms with Gasteiger partial charge in [-0.05, 0) is 29.8 Å². The highest BCUT2D eigenvalue weighted by molar-refractivity contribution is 5.91. The van der Waals surface area contributed by atoms with E-state index in [1.54, 1.807) is 6.08 Å². The molecule has 10 nitrogen and oxygen atoms in total. The Balaban J connectivity index is 1.68. The summed E-state index contributed by atoms with van der Waals surface area (Å²) in [6.07, 6.45) is -5.01. The van der Waals surface area contributed by atoms with Gasteiger partial charge in [-0.3, -0.25) is 0 Å². The minimum absolute atomic E-state index is 0.0246. The van der Waals surface area contributed by atoms with Crippen molar-refractivity contribution in [3.8, 4) is 11.5 Å². The van der Waals surface area contributed by atoms with Crippen molar-refractivity contribution < 1.29 is 49.0 Å². The van der Waals surface area contributed by atoms with Crippen molar-refractivity contribution in [2.45, 2.75) is 30.7 Å². The van der Waals surface area contributed by atoms with Crippen molar-refractivity contribution in [3.05, 3.63) is 65.7 Å². The van der Waals surface area contributed by atoms with Gasteiger partial charge in [0.1, 0.15) is 24.4 Å². The van der Waals surface area contributed by atoms with Crippen molar-refractivity contribution in [3.63, 3.8) is 0 Å². The summed E-state index contributed by atoms with van der Waals surface area (Å²) in [7, 11) is 1.32. The van der Waals surface area contributed by atoms with E-state index in [4.69, 9.17) is 18.9 Å². The molecule has 1 fully saturated rings. The number of carbonyl (C=O) groups excluding carboxylic acids is 2. The van der Waals surface area contributed by atoms with Crippen LogP contribution in [0.15, 0.2) is 54.6 Å². The van der Waals surface area contributed by atoms with E-state index in [2.05, 4.69) is 0 Å². The molecule has 2 aromatic carbocycles. The van der Waals surface area contributed by atoms with Crippen LogP contribution < -0.4 is 9.47 Å². The maximum absolute atomic E-state index is 12.5. The third-order valence-corrected chi connectivity index (χ3v) is 4.89. The Morgan fingerprint density at radius 3 is 2.39 bits per heavy atom. The molecular weight excluding hydrogens is 436 g/mol. The van der Waals surface area contributed by atoms with Crippen LogP contribution in [-0.2, 0) is 14.3 Å². The molecule has 10 heteroatoms. The fraction of sp³-hybridized carbons (Fsp3) is 0.304. The highest BCUT2D eigenvalue weighted by Crippen LogP contribution is 2.29. The fourth-order valence-electron chi connectivity index (χ4n) is 3.09. The minimum Gasteiger partial charge on any atom is -0.493 e. The van der Waals surface area contributed by atoms with Gasteiger partial charge in [0.15, 0.2) is 11.5 Å². The maximum atomic E-state index is 12.5. The summed E-state index contributed by atoms with van der Waals surface area (Å²) in [4.78, 5) is 24.6. The number of hydrogen-bond donors (Lipinski definition) is 4. The van der Waals surface area contributed by atoms with E-state index in [0.29, 0.717) is 0 Å². The van der Waals surface area contributed by atoms with Crippen LogP contribution in [0.1, 0.15) is 15.9 Å². The number of aliphatic hydroxyl groups excluding tert-OH is 4. The molecule has 0 saturated carbocycles. The van der Waals surface area contributed by atoms with Gasteiger partial charge in [0.25, 0.3) is 0 Å². The first kappa shape index (κ1) is 24.4. The van der Waals surface area contributed by atoms with E-state index < -0.39 is 49.3 Å². The van der Waals surface area contributed by atoms with Gasteiger partial charge in [-0.1, -0.05) is 30.3 Å². The molecule has 5 atom stereocenters. The lowest BCUT2D eigenvalue weighted by Gasteiger charge is -2.39. The molecule has 0 amide bonds. The average molecular weight is 460 g/mol. The zero-order valence-corrected chi connectivity index (χ0v) is 17.6. The SMILES string of the molecule is COc1cc(C(=O)O[C@@H]2O[C@H](CO)[C@@H](O)[C@H](O)[C@H]2O)ccc1OC(=O)/C=C/c1ccccc1. The summed E-state index contributed by atoms with van der Waals surface area (Å²) in [5.74, 6) is -1.47. The first-order valence-corrected chi connectivity index (χ1v) is 9.98. The molecule has 0 aliphatic carbocycles. The summed E-state index contributed by atoms with van der Waals surface area (Å²) in [6.45, 7) is -0.661. The molecule has 1 heterocycles. The number of hydrogen-bond acceptors (Lipinski definition) is 10. The predicted molar refractivity (Wildman–Crippen MR) is 113 cm³/mol. The number of carbonyl (C=O) groups is 2. The molecule has 0 unspecified atom stereocenters. The van der Waals surface area contributed by atoms with Crippen LogP contribution in [0.2, 0.25) is 0 Å². The van der Waals surface area contributed by atoms with Crippen LogP contribution in [0.25, 0.3) is 6.08 Å². The third kappa shape index (κ3) is 5.95. The molecule has 4 N–H and O–H groups in total.